The van der Waals surface area contributed by atoms with Gasteiger partial charge < -0.3 is 14.2 Å². The first-order valence-corrected chi connectivity index (χ1v) is 9.70. The molecule has 3 rings (SSSR count). The number of nitrogens with zero attached hydrogens (tertiary/aromatic N) is 2. The van der Waals surface area contributed by atoms with Crippen LogP contribution in [0.4, 0.5) is 0 Å². The molecule has 1 aromatic heterocycles. The first kappa shape index (κ1) is 19.9. The Hall–Kier alpha value is -2.85. The van der Waals surface area contributed by atoms with E-state index < -0.39 is 0 Å². The van der Waals surface area contributed by atoms with Crippen molar-refractivity contribution in [1.29, 1.82) is 0 Å². The van der Waals surface area contributed by atoms with E-state index in [1.807, 2.05) is 48.2 Å². The number of methoxy groups -OCH3 is 1. The van der Waals surface area contributed by atoms with E-state index in [1.165, 1.54) is 5.56 Å². The molecule has 4 heteroatoms. The van der Waals surface area contributed by atoms with E-state index in [2.05, 4.69) is 41.1 Å². The fraction of sp³-hybridized carbons (Fsp3) is 0.292. The normalized spacial score (nSPS) is 10.8. The molecule has 3 aromatic rings. The predicted molar refractivity (Wildman–Crippen MR) is 112 cm³/mol. The Balaban J connectivity index is 1.77. The van der Waals surface area contributed by atoms with Crippen LogP contribution in [0.15, 0.2) is 72.9 Å². The largest absolute Gasteiger partial charge is 0.385 e. The van der Waals surface area contributed by atoms with Gasteiger partial charge in [0, 0.05) is 44.3 Å². The highest BCUT2D eigenvalue weighted by molar-refractivity contribution is 5.94. The molecule has 0 radical (unpaired) electrons. The van der Waals surface area contributed by atoms with Gasteiger partial charge in [0.05, 0.1) is 6.54 Å². The van der Waals surface area contributed by atoms with Crippen molar-refractivity contribution in [2.75, 3.05) is 20.3 Å². The minimum absolute atomic E-state index is 0.0589. The van der Waals surface area contributed by atoms with Crippen LogP contribution in [0.25, 0.3) is 0 Å². The molecule has 0 unspecified atom stereocenters. The summed E-state index contributed by atoms with van der Waals surface area (Å²) in [4.78, 5) is 15.0. The standard InChI is InChI=1S/C24H28N2O2/c1-20-11-13-22(14-12-20)24(27)26(16-7-17-28-2)19-23-10-6-15-25(23)18-21-8-4-3-5-9-21/h3-6,8-15H,7,16-19H2,1-2H3. The molecule has 0 fully saturated rings. The molecule has 0 saturated heterocycles. The average molecular weight is 377 g/mol. The van der Waals surface area contributed by atoms with Crippen molar-refractivity contribution in [3.05, 3.63) is 95.3 Å². The number of hydrogen-bond acceptors (Lipinski definition) is 2. The molecule has 0 spiro atoms. The number of carbonyl (C=O) groups is 1. The molecule has 0 saturated carbocycles. The highest BCUT2D eigenvalue weighted by atomic mass is 16.5. The van der Waals surface area contributed by atoms with Crippen LogP contribution in [0.5, 0.6) is 0 Å². The summed E-state index contributed by atoms with van der Waals surface area (Å²) < 4.78 is 7.40. The Morgan fingerprint density at radius 2 is 1.75 bits per heavy atom. The zero-order valence-electron chi connectivity index (χ0n) is 16.7. The topological polar surface area (TPSA) is 34.5 Å². The maximum Gasteiger partial charge on any atom is 0.254 e. The lowest BCUT2D eigenvalue weighted by Crippen LogP contribution is -2.33. The number of ether oxygens (including phenoxy) is 1. The molecular formula is C24H28N2O2. The molecule has 2 aromatic carbocycles. The van der Waals surface area contributed by atoms with Gasteiger partial charge in [0.15, 0.2) is 0 Å². The summed E-state index contributed by atoms with van der Waals surface area (Å²) in [5.41, 5.74) is 4.25. The zero-order chi connectivity index (χ0) is 19.8. The lowest BCUT2D eigenvalue weighted by atomic mass is 10.1. The maximum atomic E-state index is 13.1. The van der Waals surface area contributed by atoms with Gasteiger partial charge in [-0.1, -0.05) is 48.0 Å². The van der Waals surface area contributed by atoms with E-state index in [4.69, 9.17) is 4.74 Å². The Labute approximate surface area is 167 Å². The molecule has 28 heavy (non-hydrogen) atoms. The molecule has 1 heterocycles. The van der Waals surface area contributed by atoms with E-state index in [1.54, 1.807) is 7.11 Å². The van der Waals surface area contributed by atoms with Gasteiger partial charge in [-0.2, -0.15) is 0 Å². The minimum Gasteiger partial charge on any atom is -0.385 e. The van der Waals surface area contributed by atoms with Crippen molar-refractivity contribution in [3.8, 4) is 0 Å². The van der Waals surface area contributed by atoms with Gasteiger partial charge >= 0.3 is 0 Å². The van der Waals surface area contributed by atoms with Crippen LogP contribution in [-0.4, -0.2) is 35.6 Å². The molecule has 1 amide bonds. The van der Waals surface area contributed by atoms with Gasteiger partial charge in [-0.15, -0.1) is 0 Å². The average Bonchev–Trinajstić information content (AvgIpc) is 3.15. The summed E-state index contributed by atoms with van der Waals surface area (Å²) >= 11 is 0. The number of benzene rings is 2. The summed E-state index contributed by atoms with van der Waals surface area (Å²) in [5, 5.41) is 0. The Kier molecular flexibility index (Phi) is 7.04. The van der Waals surface area contributed by atoms with Crippen LogP contribution in [0.2, 0.25) is 0 Å². The highest BCUT2D eigenvalue weighted by Gasteiger charge is 2.17. The monoisotopic (exact) mass is 376 g/mol. The van der Waals surface area contributed by atoms with Crippen molar-refractivity contribution in [2.45, 2.75) is 26.4 Å². The number of amides is 1. The molecule has 0 atom stereocenters. The van der Waals surface area contributed by atoms with Gasteiger partial charge in [-0.3, -0.25) is 4.79 Å². The molecule has 146 valence electrons. The molecule has 0 bridgehead atoms. The van der Waals surface area contributed by atoms with Crippen LogP contribution < -0.4 is 0 Å². The third-order valence-corrected chi connectivity index (χ3v) is 4.83. The Morgan fingerprint density at radius 1 is 1.00 bits per heavy atom. The summed E-state index contributed by atoms with van der Waals surface area (Å²) in [6.07, 6.45) is 2.89. The van der Waals surface area contributed by atoms with Gasteiger partial charge in [-0.25, -0.2) is 0 Å². The van der Waals surface area contributed by atoms with Crippen LogP contribution in [0.3, 0.4) is 0 Å². The van der Waals surface area contributed by atoms with E-state index in [-0.39, 0.29) is 5.91 Å². The summed E-state index contributed by atoms with van der Waals surface area (Å²) in [7, 11) is 1.69. The summed E-state index contributed by atoms with van der Waals surface area (Å²) in [5.74, 6) is 0.0589. The van der Waals surface area contributed by atoms with Crippen LogP contribution in [0, 0.1) is 6.92 Å². The van der Waals surface area contributed by atoms with E-state index in [0.29, 0.717) is 19.7 Å². The number of carbonyl (C=O) groups excluding carboxylic acids is 1. The van der Waals surface area contributed by atoms with E-state index in [9.17, 15) is 4.79 Å². The molecular weight excluding hydrogens is 348 g/mol. The lowest BCUT2D eigenvalue weighted by molar-refractivity contribution is 0.0720. The second-order valence-corrected chi connectivity index (χ2v) is 7.05. The van der Waals surface area contributed by atoms with Crippen molar-refractivity contribution in [2.24, 2.45) is 0 Å². The van der Waals surface area contributed by atoms with Crippen molar-refractivity contribution in [3.63, 3.8) is 0 Å². The summed E-state index contributed by atoms with van der Waals surface area (Å²) in [6.45, 7) is 4.71. The third kappa shape index (κ3) is 5.33. The Morgan fingerprint density at radius 3 is 2.46 bits per heavy atom. The molecule has 0 N–H and O–H groups in total. The van der Waals surface area contributed by atoms with Crippen LogP contribution >= 0.6 is 0 Å². The SMILES string of the molecule is COCCCN(Cc1cccn1Cc1ccccc1)C(=O)c1ccc(C)cc1. The quantitative estimate of drug-likeness (QED) is 0.515. The molecule has 0 aliphatic heterocycles. The first-order chi connectivity index (χ1) is 13.7. The number of aromatic nitrogens is 1. The van der Waals surface area contributed by atoms with Gasteiger partial charge in [0.25, 0.3) is 5.91 Å². The van der Waals surface area contributed by atoms with Crippen molar-refractivity contribution >= 4 is 5.91 Å². The third-order valence-electron chi connectivity index (χ3n) is 4.83. The first-order valence-electron chi connectivity index (χ1n) is 9.70. The fourth-order valence-electron chi connectivity index (χ4n) is 3.25. The molecule has 0 aliphatic rings. The van der Waals surface area contributed by atoms with Crippen molar-refractivity contribution in [1.82, 2.24) is 9.47 Å². The number of rotatable bonds is 9. The fourth-order valence-corrected chi connectivity index (χ4v) is 3.25. The summed E-state index contributed by atoms with van der Waals surface area (Å²) in [6, 6.07) is 22.3. The van der Waals surface area contributed by atoms with E-state index >= 15 is 0 Å². The molecule has 0 aliphatic carbocycles. The molecule has 4 nitrogen and oxygen atoms in total. The second kappa shape index (κ2) is 9.90. The lowest BCUT2D eigenvalue weighted by Gasteiger charge is -2.24. The number of hydrogen-bond donors (Lipinski definition) is 0. The Bertz CT molecular complexity index is 869. The van der Waals surface area contributed by atoms with Gasteiger partial charge in [0.2, 0.25) is 0 Å². The van der Waals surface area contributed by atoms with Crippen molar-refractivity contribution < 1.29 is 9.53 Å². The van der Waals surface area contributed by atoms with E-state index in [0.717, 1.165) is 29.8 Å². The smallest absolute Gasteiger partial charge is 0.254 e. The van der Waals surface area contributed by atoms with Crippen LogP contribution in [-0.2, 0) is 17.8 Å². The van der Waals surface area contributed by atoms with Gasteiger partial charge in [0.1, 0.15) is 0 Å². The second-order valence-electron chi connectivity index (χ2n) is 7.05. The maximum absolute atomic E-state index is 13.1. The minimum atomic E-state index is 0.0589. The number of aryl methyl sites for hydroxylation is 1. The predicted octanol–water partition coefficient (Wildman–Crippen LogP) is 4.52. The van der Waals surface area contributed by atoms with Gasteiger partial charge in [-0.05, 0) is 43.2 Å². The van der Waals surface area contributed by atoms with Crippen LogP contribution in [0.1, 0.15) is 33.6 Å². The highest BCUT2D eigenvalue weighted by Crippen LogP contribution is 2.14. The zero-order valence-corrected chi connectivity index (χ0v) is 16.7.